The van der Waals surface area contributed by atoms with E-state index in [0.29, 0.717) is 30.6 Å². The molecule has 27 heavy (non-hydrogen) atoms. The predicted octanol–water partition coefficient (Wildman–Crippen LogP) is 2.58. The highest BCUT2D eigenvalue weighted by atomic mass is 32.2. The summed E-state index contributed by atoms with van der Waals surface area (Å²) in [5.41, 5.74) is 1.68. The lowest BCUT2D eigenvalue weighted by Gasteiger charge is -2.29. The number of fused-ring (bicyclic) bond motifs is 1. The number of sulfonamides is 1. The van der Waals surface area contributed by atoms with Crippen LogP contribution in [0.25, 0.3) is 0 Å². The number of nitrogens with zero attached hydrogens (tertiary/aromatic N) is 1. The van der Waals surface area contributed by atoms with Crippen molar-refractivity contribution < 1.29 is 27.1 Å². The Labute approximate surface area is 156 Å². The van der Waals surface area contributed by atoms with E-state index in [-0.39, 0.29) is 5.56 Å². The molecule has 0 unspecified atom stereocenters. The summed E-state index contributed by atoms with van der Waals surface area (Å²) in [6, 6.07) is 9.75. The highest BCUT2D eigenvalue weighted by Crippen LogP contribution is 2.30. The number of ether oxygens (including phenoxy) is 1. The maximum Gasteiger partial charge on any atom is 0.338 e. The molecule has 1 aliphatic heterocycles. The number of benzene rings is 2. The van der Waals surface area contributed by atoms with Crippen molar-refractivity contribution in [1.29, 1.82) is 0 Å². The Bertz CT molecular complexity index is 1000. The van der Waals surface area contributed by atoms with E-state index in [1.54, 1.807) is 12.1 Å². The van der Waals surface area contributed by atoms with E-state index < -0.39 is 34.2 Å². The molecule has 6 nitrogen and oxygen atoms in total. The summed E-state index contributed by atoms with van der Waals surface area (Å²) in [5.74, 6) is -1.77. The summed E-state index contributed by atoms with van der Waals surface area (Å²) in [6.07, 6.45) is 2.46. The van der Waals surface area contributed by atoms with Crippen LogP contribution < -0.4 is 4.31 Å². The fraction of sp³-hybridized carbons (Fsp3) is 0.263. The largest absolute Gasteiger partial charge is 0.454 e. The van der Waals surface area contributed by atoms with Gasteiger partial charge in [-0.25, -0.2) is 17.6 Å². The number of rotatable bonds is 5. The zero-order valence-electron chi connectivity index (χ0n) is 14.6. The van der Waals surface area contributed by atoms with Crippen LogP contribution in [0.5, 0.6) is 0 Å². The molecule has 0 spiro atoms. The van der Waals surface area contributed by atoms with Gasteiger partial charge in [0.05, 0.1) is 17.5 Å². The van der Waals surface area contributed by atoms with Crippen LogP contribution >= 0.6 is 0 Å². The molecule has 1 heterocycles. The summed E-state index contributed by atoms with van der Waals surface area (Å²) >= 11 is 0. The molecule has 8 heteroatoms. The predicted molar refractivity (Wildman–Crippen MR) is 98.0 cm³/mol. The second-order valence-electron chi connectivity index (χ2n) is 6.29. The van der Waals surface area contributed by atoms with Crippen LogP contribution in [-0.4, -0.2) is 39.6 Å². The van der Waals surface area contributed by atoms with Gasteiger partial charge in [0.25, 0.3) is 0 Å². The molecule has 0 radical (unpaired) electrons. The fourth-order valence-electron chi connectivity index (χ4n) is 2.99. The average Bonchev–Trinajstić information content (AvgIpc) is 2.64. The van der Waals surface area contributed by atoms with Gasteiger partial charge in [-0.3, -0.25) is 9.10 Å². The Hall–Kier alpha value is -2.74. The molecular weight excluding hydrogens is 373 g/mol. The van der Waals surface area contributed by atoms with Gasteiger partial charge in [0.1, 0.15) is 5.82 Å². The van der Waals surface area contributed by atoms with E-state index >= 15 is 0 Å². The van der Waals surface area contributed by atoms with Gasteiger partial charge < -0.3 is 4.74 Å². The number of esters is 1. The third kappa shape index (κ3) is 4.33. The number of carbonyl (C=O) groups is 2. The van der Waals surface area contributed by atoms with Crippen LogP contribution in [0.3, 0.4) is 0 Å². The van der Waals surface area contributed by atoms with Crippen LogP contribution in [-0.2, 0) is 21.2 Å². The van der Waals surface area contributed by atoms with Crippen molar-refractivity contribution in [3.8, 4) is 0 Å². The maximum absolute atomic E-state index is 13.1. The Balaban J connectivity index is 1.72. The van der Waals surface area contributed by atoms with E-state index in [4.69, 9.17) is 4.74 Å². The second-order valence-corrected chi connectivity index (χ2v) is 8.20. The maximum atomic E-state index is 13.1. The number of ketones is 1. The van der Waals surface area contributed by atoms with Crippen LogP contribution in [0.4, 0.5) is 10.1 Å². The lowest BCUT2D eigenvalue weighted by atomic mass is 9.99. The number of Topliss-reactive ketones (excluding diaryl/α,β-unsaturated/α-hetero) is 1. The van der Waals surface area contributed by atoms with Crippen molar-refractivity contribution in [3.05, 3.63) is 65.0 Å². The van der Waals surface area contributed by atoms with Gasteiger partial charge in [0.2, 0.25) is 10.0 Å². The Kier molecular flexibility index (Phi) is 5.27. The van der Waals surface area contributed by atoms with Crippen molar-refractivity contribution in [2.75, 3.05) is 23.7 Å². The normalized spacial score (nSPS) is 13.8. The van der Waals surface area contributed by atoms with Crippen molar-refractivity contribution in [2.45, 2.75) is 12.8 Å². The van der Waals surface area contributed by atoms with Crippen LogP contribution in [0.15, 0.2) is 42.5 Å². The van der Waals surface area contributed by atoms with Crippen molar-refractivity contribution >= 4 is 27.5 Å². The Morgan fingerprint density at radius 3 is 2.63 bits per heavy atom. The van der Waals surface area contributed by atoms with Gasteiger partial charge in [0, 0.05) is 12.1 Å². The van der Waals surface area contributed by atoms with Crippen molar-refractivity contribution in [3.63, 3.8) is 0 Å². The molecule has 0 saturated heterocycles. The molecule has 0 aliphatic carbocycles. The Morgan fingerprint density at radius 2 is 1.93 bits per heavy atom. The highest BCUT2D eigenvalue weighted by Gasteiger charge is 2.25. The SMILES string of the molecule is CS(=O)(=O)N1CCCc2cc(C(=O)COC(=O)c3cccc(F)c3)ccc21. The lowest BCUT2D eigenvalue weighted by Crippen LogP contribution is -2.34. The topological polar surface area (TPSA) is 80.8 Å². The third-order valence-electron chi connectivity index (χ3n) is 4.27. The molecule has 1 aliphatic rings. The minimum Gasteiger partial charge on any atom is -0.454 e. The minimum atomic E-state index is -3.38. The summed E-state index contributed by atoms with van der Waals surface area (Å²) in [4.78, 5) is 24.2. The molecule has 0 saturated carbocycles. The number of anilines is 1. The number of carbonyl (C=O) groups excluding carboxylic acids is 2. The number of hydrogen-bond donors (Lipinski definition) is 0. The molecule has 2 aromatic rings. The smallest absolute Gasteiger partial charge is 0.338 e. The molecule has 0 fully saturated rings. The van der Waals surface area contributed by atoms with E-state index in [1.165, 1.54) is 28.6 Å². The first-order chi connectivity index (χ1) is 12.8. The number of halogens is 1. The van der Waals surface area contributed by atoms with Crippen LogP contribution in [0, 0.1) is 5.82 Å². The lowest BCUT2D eigenvalue weighted by molar-refractivity contribution is 0.0474. The zero-order valence-corrected chi connectivity index (χ0v) is 15.5. The monoisotopic (exact) mass is 391 g/mol. The molecule has 0 amide bonds. The molecule has 0 aromatic heterocycles. The summed E-state index contributed by atoms with van der Waals surface area (Å²) < 4.78 is 43.2. The summed E-state index contributed by atoms with van der Waals surface area (Å²) in [5, 5.41) is 0. The third-order valence-corrected chi connectivity index (χ3v) is 5.45. The molecular formula is C19H18FNO5S. The van der Waals surface area contributed by atoms with Gasteiger partial charge >= 0.3 is 5.97 Å². The fourth-order valence-corrected chi connectivity index (χ4v) is 3.99. The van der Waals surface area contributed by atoms with Crippen LogP contribution in [0.1, 0.15) is 32.7 Å². The molecule has 142 valence electrons. The quantitative estimate of drug-likeness (QED) is 0.578. The van der Waals surface area contributed by atoms with Gasteiger partial charge in [-0.1, -0.05) is 6.07 Å². The second kappa shape index (κ2) is 7.48. The minimum absolute atomic E-state index is 0.0250. The molecule has 2 aromatic carbocycles. The number of hydrogen-bond acceptors (Lipinski definition) is 5. The first-order valence-corrected chi connectivity index (χ1v) is 10.2. The summed E-state index contributed by atoms with van der Waals surface area (Å²) in [7, 11) is -3.38. The average molecular weight is 391 g/mol. The highest BCUT2D eigenvalue weighted by molar-refractivity contribution is 7.92. The molecule has 0 bridgehead atoms. The van der Waals surface area contributed by atoms with E-state index in [2.05, 4.69) is 0 Å². The standard InChI is InChI=1S/C19H18FNO5S/c1-27(24,25)21-9-3-5-13-10-14(7-8-17(13)21)18(22)12-26-19(23)15-4-2-6-16(20)11-15/h2,4,6-8,10-11H,3,5,9,12H2,1H3. The van der Waals surface area contributed by atoms with E-state index in [0.717, 1.165) is 17.9 Å². The van der Waals surface area contributed by atoms with Gasteiger partial charge in [-0.2, -0.15) is 0 Å². The zero-order chi connectivity index (χ0) is 19.6. The van der Waals surface area contributed by atoms with E-state index in [9.17, 15) is 22.4 Å². The van der Waals surface area contributed by atoms with Gasteiger partial charge in [0.15, 0.2) is 12.4 Å². The molecule has 0 N–H and O–H groups in total. The number of aryl methyl sites for hydroxylation is 1. The van der Waals surface area contributed by atoms with Crippen molar-refractivity contribution in [1.82, 2.24) is 0 Å². The van der Waals surface area contributed by atoms with Gasteiger partial charge in [-0.15, -0.1) is 0 Å². The van der Waals surface area contributed by atoms with Crippen LogP contribution in [0.2, 0.25) is 0 Å². The summed E-state index contributed by atoms with van der Waals surface area (Å²) in [6.45, 7) is -0.0751. The first-order valence-electron chi connectivity index (χ1n) is 8.32. The Morgan fingerprint density at radius 1 is 1.15 bits per heavy atom. The molecule has 0 atom stereocenters. The van der Waals surface area contributed by atoms with Crippen molar-refractivity contribution in [2.24, 2.45) is 0 Å². The molecule has 3 rings (SSSR count). The first kappa shape index (κ1) is 19.0. The van der Waals surface area contributed by atoms with E-state index in [1.807, 2.05) is 0 Å². The van der Waals surface area contributed by atoms with Gasteiger partial charge in [-0.05, 0) is 54.8 Å².